The zero-order valence-corrected chi connectivity index (χ0v) is 18.7. The molecule has 190 valence electrons. The topological polar surface area (TPSA) is 124 Å². The van der Waals surface area contributed by atoms with Gasteiger partial charge in [0, 0.05) is 24.9 Å². The molecule has 2 aromatic heterocycles. The van der Waals surface area contributed by atoms with Crippen molar-refractivity contribution in [2.24, 2.45) is 5.84 Å². The Morgan fingerprint density at radius 3 is 2.44 bits per heavy atom. The molecule has 0 bridgehead atoms. The summed E-state index contributed by atoms with van der Waals surface area (Å²) in [7, 11) is 0. The van der Waals surface area contributed by atoms with Crippen LogP contribution in [0.2, 0.25) is 0 Å². The van der Waals surface area contributed by atoms with Gasteiger partial charge in [-0.2, -0.15) is 13.2 Å². The highest BCUT2D eigenvalue weighted by Gasteiger charge is 2.29. The van der Waals surface area contributed by atoms with E-state index in [1.54, 1.807) is 6.92 Å². The molecule has 0 saturated heterocycles. The molecule has 0 amide bonds. The van der Waals surface area contributed by atoms with Gasteiger partial charge in [0.05, 0.1) is 42.0 Å². The molecule has 9 nitrogen and oxygen atoms in total. The predicted molar refractivity (Wildman–Crippen MR) is 123 cm³/mol. The van der Waals surface area contributed by atoms with Crippen molar-refractivity contribution in [3.63, 3.8) is 0 Å². The zero-order chi connectivity index (χ0) is 26.8. The van der Waals surface area contributed by atoms with Crippen LogP contribution in [0, 0.1) is 30.9 Å². The molecule has 2 heterocycles. The molecule has 3 rings (SSSR count). The fourth-order valence-electron chi connectivity index (χ4n) is 3.45. The van der Waals surface area contributed by atoms with Crippen LogP contribution in [0.4, 0.5) is 39.0 Å². The molecule has 0 saturated carbocycles. The minimum Gasteiger partial charge on any atom is -0.397 e. The second kappa shape index (κ2) is 10.2. The van der Waals surface area contributed by atoms with E-state index in [9.17, 15) is 31.5 Å². The quantitative estimate of drug-likeness (QED) is 0.146. The van der Waals surface area contributed by atoms with E-state index < -0.39 is 54.4 Å². The molecular weight excluding hydrogens is 489 g/mol. The highest BCUT2D eigenvalue weighted by atomic mass is 19.4. The van der Waals surface area contributed by atoms with Gasteiger partial charge in [-0.15, -0.1) is 6.42 Å². The normalized spacial score (nSPS) is 11.4. The number of benzene rings is 1. The Hall–Kier alpha value is -4.22. The maximum Gasteiger partial charge on any atom is 0.401 e. The third-order valence-corrected chi connectivity index (χ3v) is 4.98. The van der Waals surface area contributed by atoms with Crippen molar-refractivity contribution in [2.45, 2.75) is 26.2 Å². The SMILES string of the molecule is C#CCn1c(CNCC(F)(F)F)c(N(N)c2cc(F)c(F)cc2N)c(=O)n(-c2cncc(C)c2)c1=O. The number of hydrazine groups is 1. The first kappa shape index (κ1) is 26.4. The maximum absolute atomic E-state index is 14.0. The molecule has 14 heteroatoms. The number of terminal acetylenes is 1. The molecule has 0 aliphatic carbocycles. The highest BCUT2D eigenvalue weighted by Crippen LogP contribution is 2.30. The third kappa shape index (κ3) is 5.37. The van der Waals surface area contributed by atoms with Crippen molar-refractivity contribution in [1.29, 1.82) is 0 Å². The fraction of sp³-hybridized carbons (Fsp3) is 0.227. The van der Waals surface area contributed by atoms with E-state index in [2.05, 4.69) is 16.2 Å². The molecule has 36 heavy (non-hydrogen) atoms. The highest BCUT2D eigenvalue weighted by molar-refractivity contribution is 5.74. The average molecular weight is 509 g/mol. The number of rotatable bonds is 7. The van der Waals surface area contributed by atoms with Gasteiger partial charge in [0.25, 0.3) is 5.56 Å². The average Bonchev–Trinajstić information content (AvgIpc) is 2.78. The van der Waals surface area contributed by atoms with Crippen LogP contribution in [0.5, 0.6) is 0 Å². The summed E-state index contributed by atoms with van der Waals surface area (Å²) < 4.78 is 67.5. The number of nitrogens with one attached hydrogen (secondary N) is 1. The maximum atomic E-state index is 14.0. The van der Waals surface area contributed by atoms with Crippen LogP contribution >= 0.6 is 0 Å². The molecule has 0 fully saturated rings. The second-order valence-corrected chi connectivity index (χ2v) is 7.64. The van der Waals surface area contributed by atoms with Crippen LogP contribution in [-0.2, 0) is 13.1 Å². The molecule has 0 atom stereocenters. The number of alkyl halides is 3. The lowest BCUT2D eigenvalue weighted by Gasteiger charge is -2.26. The van der Waals surface area contributed by atoms with Crippen molar-refractivity contribution in [3.05, 3.63) is 74.3 Å². The van der Waals surface area contributed by atoms with Crippen molar-refractivity contribution < 1.29 is 22.0 Å². The van der Waals surface area contributed by atoms with Crippen LogP contribution < -0.4 is 33.2 Å². The Morgan fingerprint density at radius 2 is 1.83 bits per heavy atom. The summed E-state index contributed by atoms with van der Waals surface area (Å²) in [5.74, 6) is 5.66. The Bertz CT molecular complexity index is 1460. The summed E-state index contributed by atoms with van der Waals surface area (Å²) in [6, 6.07) is 2.67. The zero-order valence-electron chi connectivity index (χ0n) is 18.7. The molecule has 0 unspecified atom stereocenters. The molecule has 0 spiro atoms. The summed E-state index contributed by atoms with van der Waals surface area (Å²) in [5, 5.41) is 2.65. The predicted octanol–water partition coefficient (Wildman–Crippen LogP) is 1.86. The van der Waals surface area contributed by atoms with Crippen LogP contribution in [0.25, 0.3) is 5.69 Å². The molecule has 3 aromatic rings. The van der Waals surface area contributed by atoms with Crippen molar-refractivity contribution in [3.8, 4) is 18.0 Å². The monoisotopic (exact) mass is 509 g/mol. The van der Waals surface area contributed by atoms with Crippen molar-refractivity contribution >= 4 is 17.1 Å². The first-order valence-corrected chi connectivity index (χ1v) is 10.2. The third-order valence-electron chi connectivity index (χ3n) is 4.98. The van der Waals surface area contributed by atoms with E-state index in [4.69, 9.17) is 18.0 Å². The van der Waals surface area contributed by atoms with E-state index in [0.717, 1.165) is 4.57 Å². The number of nitrogens with zero attached hydrogens (tertiary/aromatic N) is 4. The molecular formula is C22H20F5N7O2. The number of nitrogens with two attached hydrogens (primary N) is 2. The van der Waals surface area contributed by atoms with Gasteiger partial charge in [0.1, 0.15) is 5.69 Å². The van der Waals surface area contributed by atoms with Gasteiger partial charge in [-0.1, -0.05) is 5.92 Å². The van der Waals surface area contributed by atoms with E-state index in [0.29, 0.717) is 27.3 Å². The second-order valence-electron chi connectivity index (χ2n) is 7.64. The van der Waals surface area contributed by atoms with Gasteiger partial charge in [-0.25, -0.2) is 24.0 Å². The molecule has 5 N–H and O–H groups in total. The summed E-state index contributed by atoms with van der Waals surface area (Å²) in [5.41, 5.74) is 2.62. The molecule has 1 aromatic carbocycles. The lowest BCUT2D eigenvalue weighted by Crippen LogP contribution is -2.46. The van der Waals surface area contributed by atoms with E-state index in [1.807, 2.05) is 0 Å². The largest absolute Gasteiger partial charge is 0.401 e. The number of aromatic nitrogens is 3. The number of halogens is 5. The van der Waals surface area contributed by atoms with Gasteiger partial charge in [0.15, 0.2) is 11.6 Å². The van der Waals surface area contributed by atoms with Gasteiger partial charge < -0.3 is 11.1 Å². The Morgan fingerprint density at radius 1 is 1.17 bits per heavy atom. The Kier molecular flexibility index (Phi) is 7.46. The number of anilines is 3. The number of aryl methyl sites for hydroxylation is 1. The number of pyridine rings is 1. The Labute approximate surface area is 200 Å². The first-order valence-electron chi connectivity index (χ1n) is 10.2. The van der Waals surface area contributed by atoms with Crippen LogP contribution in [0.3, 0.4) is 0 Å². The lowest BCUT2D eigenvalue weighted by molar-refractivity contribution is -0.125. The first-order chi connectivity index (χ1) is 16.9. The van der Waals surface area contributed by atoms with Crippen LogP contribution in [-0.4, -0.2) is 26.8 Å². The molecule has 0 aliphatic heterocycles. The van der Waals surface area contributed by atoms with Gasteiger partial charge >= 0.3 is 11.9 Å². The van der Waals surface area contributed by atoms with Crippen molar-refractivity contribution in [2.75, 3.05) is 17.3 Å². The summed E-state index contributed by atoms with van der Waals surface area (Å²) >= 11 is 0. The number of hydrogen-bond acceptors (Lipinski definition) is 7. The van der Waals surface area contributed by atoms with Gasteiger partial charge in [-0.05, 0) is 18.6 Å². The lowest BCUT2D eigenvalue weighted by atomic mass is 10.2. The van der Waals surface area contributed by atoms with E-state index in [1.165, 1.54) is 18.5 Å². The summed E-state index contributed by atoms with van der Waals surface area (Å²) in [4.78, 5) is 30.9. The molecule has 0 radical (unpaired) electrons. The minimum absolute atomic E-state index is 0.0125. The number of hydrogen-bond donors (Lipinski definition) is 3. The summed E-state index contributed by atoms with van der Waals surface area (Å²) in [6.45, 7) is -0.977. The van der Waals surface area contributed by atoms with E-state index >= 15 is 0 Å². The van der Waals surface area contributed by atoms with Gasteiger partial charge in [0.2, 0.25) is 0 Å². The smallest absolute Gasteiger partial charge is 0.397 e. The van der Waals surface area contributed by atoms with Gasteiger partial charge in [-0.3, -0.25) is 19.4 Å². The van der Waals surface area contributed by atoms with Crippen LogP contribution in [0.15, 0.2) is 40.2 Å². The number of nitrogen functional groups attached to an aromatic ring is 1. The fourth-order valence-corrected chi connectivity index (χ4v) is 3.45. The summed E-state index contributed by atoms with van der Waals surface area (Å²) in [6.07, 6.45) is 3.42. The van der Waals surface area contributed by atoms with Crippen LogP contribution in [0.1, 0.15) is 11.3 Å². The molecule has 0 aliphatic rings. The standard InChI is InChI=1S/C22H20F5N7O2/c1-3-4-32-18(10-31-11-22(25,26)27)19(34(29)17-7-15(24)14(23)6-16(17)28)20(35)33(21(32)36)13-5-12(2)8-30-9-13/h1,5-9,31H,4,10-11,28-29H2,2H3. The van der Waals surface area contributed by atoms with Crippen molar-refractivity contribution in [1.82, 2.24) is 19.4 Å². The van der Waals surface area contributed by atoms with E-state index in [-0.39, 0.29) is 22.8 Å². The Balaban J connectivity index is 2.37. The minimum atomic E-state index is -4.62.